The molecular weight excluding hydrogens is 901 g/mol. The van der Waals surface area contributed by atoms with Crippen molar-refractivity contribution >= 4 is 17.9 Å². The summed E-state index contributed by atoms with van der Waals surface area (Å²) < 4.78 is 16.8. The van der Waals surface area contributed by atoms with Crippen LogP contribution in [0.2, 0.25) is 0 Å². The Morgan fingerprint density at radius 1 is 0.288 bits per heavy atom. The fraction of sp³-hybridized carbons (Fsp3) is 0.776. The summed E-state index contributed by atoms with van der Waals surface area (Å²) in [5.41, 5.74) is 0. The predicted molar refractivity (Wildman–Crippen MR) is 316 cm³/mol. The van der Waals surface area contributed by atoms with Crippen LogP contribution >= 0.6 is 0 Å². The van der Waals surface area contributed by atoms with E-state index in [0.717, 1.165) is 96.3 Å². The minimum atomic E-state index is -0.774. The Kier molecular flexibility index (Phi) is 58.7. The first-order chi connectivity index (χ1) is 36.0. The summed E-state index contributed by atoms with van der Waals surface area (Å²) in [6, 6.07) is 0. The Bertz CT molecular complexity index is 1360. The van der Waals surface area contributed by atoms with E-state index in [-0.39, 0.29) is 31.1 Å². The van der Waals surface area contributed by atoms with Crippen LogP contribution in [0, 0.1) is 0 Å². The first kappa shape index (κ1) is 69.8. The second kappa shape index (κ2) is 61.4. The molecule has 1 atom stereocenters. The number of hydrogen-bond donors (Lipinski definition) is 0. The predicted octanol–water partition coefficient (Wildman–Crippen LogP) is 21.3. The van der Waals surface area contributed by atoms with E-state index in [4.69, 9.17) is 14.2 Å². The van der Waals surface area contributed by atoms with Gasteiger partial charge in [-0.15, -0.1) is 0 Å². The third-order valence-corrected chi connectivity index (χ3v) is 13.7. The molecule has 0 aromatic carbocycles. The molecule has 0 amide bonds. The van der Waals surface area contributed by atoms with Crippen LogP contribution in [0.15, 0.2) is 72.9 Å². The van der Waals surface area contributed by atoms with Crippen LogP contribution in [0.1, 0.15) is 316 Å². The maximum Gasteiger partial charge on any atom is 0.306 e. The van der Waals surface area contributed by atoms with Crippen LogP contribution in [0.25, 0.3) is 0 Å². The molecule has 0 aliphatic heterocycles. The standard InChI is InChI=1S/C67H118O6/c1-4-7-10-13-16-18-20-22-24-25-26-27-28-29-30-31-32-33-34-35-36-37-38-39-40-41-43-44-46-48-51-54-57-60-66(69)72-63-64(62-71-65(68)59-56-53-50-15-12-9-6-3)73-67(70)61-58-55-52-49-47-45-42-23-21-19-17-14-11-8-5-2/h7,10,16,18,22-24,26-27,29-30,42,64H,4-6,8-9,11-15,17,19-21,25,28,31-41,43-63H2,1-3H3/b10-7-,18-16-,24-22-,27-26-,30-29-,42-23-. The molecule has 0 aliphatic carbocycles. The fourth-order valence-corrected chi connectivity index (χ4v) is 9.00. The Morgan fingerprint density at radius 2 is 0.534 bits per heavy atom. The highest BCUT2D eigenvalue weighted by Crippen LogP contribution is 2.17. The zero-order chi connectivity index (χ0) is 52.9. The van der Waals surface area contributed by atoms with Crippen molar-refractivity contribution in [1.29, 1.82) is 0 Å². The van der Waals surface area contributed by atoms with Gasteiger partial charge in [0, 0.05) is 19.3 Å². The Morgan fingerprint density at radius 3 is 0.849 bits per heavy atom. The largest absolute Gasteiger partial charge is 0.462 e. The lowest BCUT2D eigenvalue weighted by atomic mass is 10.0. The van der Waals surface area contributed by atoms with Gasteiger partial charge in [0.2, 0.25) is 0 Å². The summed E-state index contributed by atoms with van der Waals surface area (Å²) >= 11 is 0. The monoisotopic (exact) mass is 1020 g/mol. The molecule has 0 aliphatic rings. The van der Waals surface area contributed by atoms with Crippen molar-refractivity contribution in [2.24, 2.45) is 0 Å². The Hall–Kier alpha value is -3.15. The normalized spacial score (nSPS) is 12.5. The molecule has 0 radical (unpaired) electrons. The molecule has 73 heavy (non-hydrogen) atoms. The summed E-state index contributed by atoms with van der Waals surface area (Å²) in [4.78, 5) is 38.0. The zero-order valence-corrected chi connectivity index (χ0v) is 48.4. The molecule has 0 aromatic rings. The van der Waals surface area contributed by atoms with Gasteiger partial charge < -0.3 is 14.2 Å². The number of allylic oxidation sites excluding steroid dienone is 12. The lowest BCUT2D eigenvalue weighted by molar-refractivity contribution is -0.167. The summed E-state index contributed by atoms with van der Waals surface area (Å²) in [6.07, 6.45) is 79.4. The summed E-state index contributed by atoms with van der Waals surface area (Å²) in [7, 11) is 0. The molecule has 6 nitrogen and oxygen atoms in total. The van der Waals surface area contributed by atoms with E-state index >= 15 is 0 Å². The maximum absolute atomic E-state index is 12.8. The number of esters is 3. The molecule has 0 aromatic heterocycles. The van der Waals surface area contributed by atoms with Crippen molar-refractivity contribution in [3.05, 3.63) is 72.9 Å². The first-order valence-corrected chi connectivity index (χ1v) is 31.4. The smallest absolute Gasteiger partial charge is 0.306 e. The molecule has 0 saturated heterocycles. The number of rotatable bonds is 57. The van der Waals surface area contributed by atoms with Crippen molar-refractivity contribution in [3.63, 3.8) is 0 Å². The van der Waals surface area contributed by atoms with E-state index in [9.17, 15) is 14.4 Å². The molecule has 0 N–H and O–H groups in total. The van der Waals surface area contributed by atoms with Crippen LogP contribution in [-0.4, -0.2) is 37.2 Å². The van der Waals surface area contributed by atoms with Gasteiger partial charge in [-0.2, -0.15) is 0 Å². The van der Waals surface area contributed by atoms with Crippen molar-refractivity contribution in [2.45, 2.75) is 322 Å². The Labute approximate surface area is 453 Å². The van der Waals surface area contributed by atoms with E-state index in [2.05, 4.69) is 93.7 Å². The molecule has 0 saturated carbocycles. The lowest BCUT2D eigenvalue weighted by Crippen LogP contribution is -2.30. The topological polar surface area (TPSA) is 78.9 Å². The highest BCUT2D eigenvalue weighted by molar-refractivity contribution is 5.71. The van der Waals surface area contributed by atoms with Crippen molar-refractivity contribution in [2.75, 3.05) is 13.2 Å². The van der Waals surface area contributed by atoms with E-state index in [1.807, 2.05) is 0 Å². The van der Waals surface area contributed by atoms with Crippen LogP contribution in [-0.2, 0) is 28.6 Å². The van der Waals surface area contributed by atoms with E-state index in [1.165, 1.54) is 180 Å². The van der Waals surface area contributed by atoms with Crippen LogP contribution in [0.4, 0.5) is 0 Å². The van der Waals surface area contributed by atoms with E-state index < -0.39 is 6.10 Å². The molecule has 1 unspecified atom stereocenters. The summed E-state index contributed by atoms with van der Waals surface area (Å²) in [5, 5.41) is 0. The van der Waals surface area contributed by atoms with Crippen molar-refractivity contribution in [3.8, 4) is 0 Å². The number of ether oxygens (including phenoxy) is 3. The first-order valence-electron chi connectivity index (χ1n) is 31.4. The van der Waals surface area contributed by atoms with Gasteiger partial charge in [-0.05, 0) is 89.9 Å². The van der Waals surface area contributed by atoms with Crippen molar-refractivity contribution < 1.29 is 28.6 Å². The average Bonchev–Trinajstić information content (AvgIpc) is 3.39. The highest BCUT2D eigenvalue weighted by atomic mass is 16.6. The highest BCUT2D eigenvalue weighted by Gasteiger charge is 2.19. The summed E-state index contributed by atoms with van der Waals surface area (Å²) in [6.45, 7) is 6.50. The average molecular weight is 1020 g/mol. The quantitative estimate of drug-likeness (QED) is 0.0261. The minimum Gasteiger partial charge on any atom is -0.462 e. The van der Waals surface area contributed by atoms with Gasteiger partial charge >= 0.3 is 17.9 Å². The third kappa shape index (κ3) is 59.6. The second-order valence-electron chi connectivity index (χ2n) is 20.9. The van der Waals surface area contributed by atoms with Gasteiger partial charge in [-0.3, -0.25) is 14.4 Å². The molecule has 0 heterocycles. The van der Waals surface area contributed by atoms with Gasteiger partial charge in [0.05, 0.1) is 0 Å². The minimum absolute atomic E-state index is 0.0743. The molecule has 0 spiro atoms. The third-order valence-electron chi connectivity index (χ3n) is 13.7. The molecule has 6 heteroatoms. The second-order valence-corrected chi connectivity index (χ2v) is 20.9. The lowest BCUT2D eigenvalue weighted by Gasteiger charge is -2.18. The van der Waals surface area contributed by atoms with Gasteiger partial charge in [0.15, 0.2) is 6.10 Å². The SMILES string of the molecule is CC/C=C\C/C=C\C/C=C\C/C=C\C/C=C\CCCCCCCCCCCCCCCCCCCC(=O)OCC(COC(=O)CCCCCCCCC)OC(=O)CCCCCCC/C=C\CCCCCCCC. The molecule has 422 valence electrons. The van der Waals surface area contributed by atoms with E-state index in [0.29, 0.717) is 19.3 Å². The number of hydrogen-bond acceptors (Lipinski definition) is 6. The zero-order valence-electron chi connectivity index (χ0n) is 48.4. The van der Waals surface area contributed by atoms with Gasteiger partial charge in [0.1, 0.15) is 13.2 Å². The van der Waals surface area contributed by atoms with E-state index in [1.54, 1.807) is 0 Å². The Balaban J connectivity index is 4.01. The number of carbonyl (C=O) groups is 3. The molecule has 0 rings (SSSR count). The van der Waals surface area contributed by atoms with Crippen LogP contribution in [0.5, 0.6) is 0 Å². The van der Waals surface area contributed by atoms with Crippen LogP contribution in [0.3, 0.4) is 0 Å². The molecular formula is C67H118O6. The number of unbranched alkanes of at least 4 members (excludes halogenated alkanes) is 34. The van der Waals surface area contributed by atoms with Crippen molar-refractivity contribution in [1.82, 2.24) is 0 Å². The number of carbonyl (C=O) groups excluding carboxylic acids is 3. The van der Waals surface area contributed by atoms with Gasteiger partial charge in [-0.1, -0.05) is 280 Å². The van der Waals surface area contributed by atoms with Gasteiger partial charge in [0.25, 0.3) is 0 Å². The molecule has 0 bridgehead atoms. The maximum atomic E-state index is 12.8. The van der Waals surface area contributed by atoms with Crippen LogP contribution < -0.4 is 0 Å². The summed E-state index contributed by atoms with van der Waals surface area (Å²) in [5.74, 6) is -0.877. The fourth-order valence-electron chi connectivity index (χ4n) is 9.00. The molecule has 0 fully saturated rings. The van der Waals surface area contributed by atoms with Gasteiger partial charge in [-0.25, -0.2) is 0 Å².